The second-order valence-corrected chi connectivity index (χ2v) is 4.48. The van der Waals surface area contributed by atoms with Crippen LogP contribution in [0.15, 0.2) is 23.9 Å². The number of carbonyl (C=O) groups is 1. The summed E-state index contributed by atoms with van der Waals surface area (Å²) in [4.78, 5) is 11.4. The zero-order chi connectivity index (χ0) is 11.5. The van der Waals surface area contributed by atoms with E-state index in [0.717, 1.165) is 10.6 Å². The van der Waals surface area contributed by atoms with Crippen LogP contribution in [0.4, 0.5) is 0 Å². The molecule has 84 valence electrons. The lowest BCUT2D eigenvalue weighted by atomic mass is 10.1. The normalized spacial score (nSPS) is 16.3. The summed E-state index contributed by atoms with van der Waals surface area (Å²) in [6.07, 6.45) is 5.28. The Bertz CT molecular complexity index is 299. The Morgan fingerprint density at radius 1 is 1.60 bits per heavy atom. The van der Waals surface area contributed by atoms with Gasteiger partial charge in [-0.2, -0.15) is 0 Å². The van der Waals surface area contributed by atoms with Crippen LogP contribution in [-0.4, -0.2) is 28.4 Å². The van der Waals surface area contributed by atoms with Crippen LogP contribution in [0.25, 0.3) is 0 Å². The van der Waals surface area contributed by atoms with E-state index in [1.165, 1.54) is 6.20 Å². The fourth-order valence-corrected chi connectivity index (χ4v) is 1.20. The van der Waals surface area contributed by atoms with Gasteiger partial charge in [-0.25, -0.2) is 0 Å². The van der Waals surface area contributed by atoms with Gasteiger partial charge in [0.15, 0.2) is 0 Å². The van der Waals surface area contributed by atoms with Crippen LogP contribution < -0.4 is 0 Å². The van der Waals surface area contributed by atoms with E-state index in [2.05, 4.69) is 0 Å². The molecule has 0 radical (unpaired) electrons. The summed E-state index contributed by atoms with van der Waals surface area (Å²) in [5, 5.41) is 10.1. The number of carbonyl (C=O) groups excluding carboxylic acids is 1. The van der Waals surface area contributed by atoms with E-state index in [1.54, 1.807) is 12.2 Å². The summed E-state index contributed by atoms with van der Waals surface area (Å²) < 4.78 is 5.18. The molecule has 0 saturated heterocycles. The number of rotatable bonds is 2. The lowest BCUT2D eigenvalue weighted by Crippen LogP contribution is -2.24. The number of hydrogen-bond acceptors (Lipinski definition) is 4. The quantitative estimate of drug-likeness (QED) is 0.708. The Balaban J connectivity index is 2.43. The molecule has 1 rings (SSSR count). The number of esters is 1. The van der Waals surface area contributed by atoms with Gasteiger partial charge in [-0.05, 0) is 32.4 Å². The van der Waals surface area contributed by atoms with Crippen LogP contribution in [0.5, 0.6) is 0 Å². The Labute approximate surface area is 89.8 Å². The zero-order valence-electron chi connectivity index (χ0n) is 9.36. The second kappa shape index (κ2) is 4.49. The Morgan fingerprint density at radius 3 is 2.73 bits per heavy atom. The summed E-state index contributed by atoms with van der Waals surface area (Å²) in [5.74, 6) is -0.246. The first-order valence-corrected chi connectivity index (χ1v) is 4.91. The van der Waals surface area contributed by atoms with Crippen LogP contribution in [0, 0.1) is 0 Å². The first-order valence-electron chi connectivity index (χ1n) is 4.91. The molecular formula is C11H17NO3. The minimum atomic E-state index is -0.445. The molecule has 4 nitrogen and oxygen atoms in total. The first kappa shape index (κ1) is 11.8. The fourth-order valence-electron chi connectivity index (χ4n) is 1.20. The van der Waals surface area contributed by atoms with Crippen LogP contribution in [0.1, 0.15) is 27.2 Å². The Hall–Kier alpha value is -1.29. The van der Waals surface area contributed by atoms with Gasteiger partial charge in [-0.1, -0.05) is 6.08 Å². The molecule has 0 aromatic rings. The van der Waals surface area contributed by atoms with Crippen molar-refractivity contribution in [2.24, 2.45) is 0 Å². The molecule has 1 heterocycles. The molecule has 1 aliphatic rings. The van der Waals surface area contributed by atoms with Crippen LogP contribution >= 0.6 is 0 Å². The monoisotopic (exact) mass is 211 g/mol. The topological polar surface area (TPSA) is 49.8 Å². The van der Waals surface area contributed by atoms with Crippen molar-refractivity contribution in [1.82, 2.24) is 5.06 Å². The molecule has 0 bridgehead atoms. The molecule has 0 aromatic heterocycles. The van der Waals surface area contributed by atoms with Crippen molar-refractivity contribution in [3.63, 3.8) is 0 Å². The third-order valence-corrected chi connectivity index (χ3v) is 1.77. The SMILES string of the molecule is CC(C)(C)OC(=O)CC1=CCN(O)C=C1. The van der Waals surface area contributed by atoms with E-state index in [0.29, 0.717) is 6.54 Å². The van der Waals surface area contributed by atoms with E-state index in [-0.39, 0.29) is 12.4 Å². The molecule has 0 saturated carbocycles. The lowest BCUT2D eigenvalue weighted by Gasteiger charge is -2.20. The maximum Gasteiger partial charge on any atom is 0.310 e. The molecule has 4 heteroatoms. The molecule has 0 spiro atoms. The Morgan fingerprint density at radius 2 is 2.27 bits per heavy atom. The average molecular weight is 211 g/mol. The number of hydrogen-bond donors (Lipinski definition) is 1. The third kappa shape index (κ3) is 4.65. The number of ether oxygens (including phenoxy) is 1. The van der Waals surface area contributed by atoms with Crippen LogP contribution in [0.2, 0.25) is 0 Å². The van der Waals surface area contributed by atoms with Gasteiger partial charge in [0, 0.05) is 6.20 Å². The number of allylic oxidation sites excluding steroid dienone is 1. The van der Waals surface area contributed by atoms with Crippen LogP contribution in [-0.2, 0) is 9.53 Å². The minimum Gasteiger partial charge on any atom is -0.460 e. The molecule has 1 N–H and O–H groups in total. The van der Waals surface area contributed by atoms with Crippen molar-refractivity contribution >= 4 is 5.97 Å². The van der Waals surface area contributed by atoms with Gasteiger partial charge in [0.1, 0.15) is 5.60 Å². The highest BCUT2D eigenvalue weighted by Crippen LogP contribution is 2.14. The molecule has 0 unspecified atom stereocenters. The van der Waals surface area contributed by atoms with Crippen LogP contribution in [0.3, 0.4) is 0 Å². The van der Waals surface area contributed by atoms with Crippen molar-refractivity contribution in [1.29, 1.82) is 0 Å². The van der Waals surface area contributed by atoms with Gasteiger partial charge >= 0.3 is 5.97 Å². The van der Waals surface area contributed by atoms with Crippen molar-refractivity contribution < 1.29 is 14.7 Å². The molecule has 0 aromatic carbocycles. The summed E-state index contributed by atoms with van der Waals surface area (Å²) in [7, 11) is 0. The van der Waals surface area contributed by atoms with Gasteiger partial charge < -0.3 is 4.74 Å². The molecule has 0 aliphatic carbocycles. The minimum absolute atomic E-state index is 0.246. The van der Waals surface area contributed by atoms with Gasteiger partial charge in [-0.3, -0.25) is 15.1 Å². The molecular weight excluding hydrogens is 194 g/mol. The highest BCUT2D eigenvalue weighted by atomic mass is 16.6. The highest BCUT2D eigenvalue weighted by molar-refractivity contribution is 5.73. The molecule has 0 atom stereocenters. The summed E-state index contributed by atoms with van der Waals surface area (Å²) in [5.41, 5.74) is 0.425. The van der Waals surface area contributed by atoms with E-state index in [1.807, 2.05) is 20.8 Å². The smallest absolute Gasteiger partial charge is 0.310 e. The predicted octanol–water partition coefficient (Wildman–Crippen LogP) is 1.86. The zero-order valence-corrected chi connectivity index (χ0v) is 9.36. The predicted molar refractivity (Wildman–Crippen MR) is 56.2 cm³/mol. The standard InChI is InChI=1S/C11H17NO3/c1-11(2,3)15-10(13)8-9-4-6-12(14)7-5-9/h4-6,14H,7-8H2,1-3H3. The maximum absolute atomic E-state index is 11.4. The summed E-state index contributed by atoms with van der Waals surface area (Å²) >= 11 is 0. The average Bonchev–Trinajstić information content (AvgIpc) is 2.05. The number of hydroxylamine groups is 2. The van der Waals surface area contributed by atoms with E-state index >= 15 is 0 Å². The van der Waals surface area contributed by atoms with Crippen molar-refractivity contribution in [3.05, 3.63) is 23.9 Å². The van der Waals surface area contributed by atoms with Gasteiger partial charge in [-0.15, -0.1) is 0 Å². The summed E-state index contributed by atoms with van der Waals surface area (Å²) in [6.45, 7) is 5.93. The first-order chi connectivity index (χ1) is 6.87. The third-order valence-electron chi connectivity index (χ3n) is 1.77. The molecule has 0 fully saturated rings. The van der Waals surface area contributed by atoms with E-state index < -0.39 is 5.60 Å². The van der Waals surface area contributed by atoms with Gasteiger partial charge in [0.05, 0.1) is 13.0 Å². The lowest BCUT2D eigenvalue weighted by molar-refractivity contribution is -0.153. The highest BCUT2D eigenvalue weighted by Gasteiger charge is 2.17. The molecule has 1 aliphatic heterocycles. The van der Waals surface area contributed by atoms with E-state index in [9.17, 15) is 4.79 Å². The molecule has 0 amide bonds. The number of nitrogens with zero attached hydrogens (tertiary/aromatic N) is 1. The van der Waals surface area contributed by atoms with Gasteiger partial charge in [0.25, 0.3) is 0 Å². The maximum atomic E-state index is 11.4. The van der Waals surface area contributed by atoms with Crippen molar-refractivity contribution in [2.45, 2.75) is 32.8 Å². The van der Waals surface area contributed by atoms with Gasteiger partial charge in [0.2, 0.25) is 0 Å². The largest absolute Gasteiger partial charge is 0.460 e. The van der Waals surface area contributed by atoms with Crippen molar-refractivity contribution in [2.75, 3.05) is 6.54 Å². The summed E-state index contributed by atoms with van der Waals surface area (Å²) in [6, 6.07) is 0. The fraction of sp³-hybridized carbons (Fsp3) is 0.545. The second-order valence-electron chi connectivity index (χ2n) is 4.48. The molecule has 15 heavy (non-hydrogen) atoms. The van der Waals surface area contributed by atoms with Crippen molar-refractivity contribution in [3.8, 4) is 0 Å². The van der Waals surface area contributed by atoms with E-state index in [4.69, 9.17) is 9.94 Å². The Kier molecular flexibility index (Phi) is 3.52.